The highest BCUT2D eigenvalue weighted by Gasteiger charge is 2.29. The van der Waals surface area contributed by atoms with E-state index in [1.54, 1.807) is 12.3 Å². The molecule has 1 aliphatic heterocycles. The predicted octanol–water partition coefficient (Wildman–Crippen LogP) is 3.10. The molecule has 9 heteroatoms. The molecule has 8 nitrogen and oxygen atoms in total. The van der Waals surface area contributed by atoms with E-state index in [-0.39, 0.29) is 5.82 Å². The zero-order chi connectivity index (χ0) is 21.8. The maximum Gasteiger partial charge on any atom is 0.209 e. The molecule has 1 unspecified atom stereocenters. The van der Waals surface area contributed by atoms with Gasteiger partial charge in [-0.25, -0.2) is 4.39 Å². The largest absolute Gasteiger partial charge is 0.368 e. The quantitative estimate of drug-likeness (QED) is 0.624. The Hall–Kier alpha value is -2.94. The van der Waals surface area contributed by atoms with Crippen LogP contribution < -0.4 is 4.90 Å². The lowest BCUT2D eigenvalue weighted by Gasteiger charge is -2.42. The van der Waals surface area contributed by atoms with Gasteiger partial charge in [0.1, 0.15) is 5.82 Å². The molecule has 1 atom stereocenters. The van der Waals surface area contributed by atoms with Crippen LogP contribution in [0.15, 0.2) is 30.5 Å². The molecule has 31 heavy (non-hydrogen) atoms. The van der Waals surface area contributed by atoms with E-state index in [4.69, 9.17) is 0 Å². The van der Waals surface area contributed by atoms with Crippen molar-refractivity contribution in [2.24, 2.45) is 5.92 Å². The molecule has 1 N–H and O–H groups in total. The Labute approximate surface area is 181 Å². The second-order valence-electron chi connectivity index (χ2n) is 8.50. The molecule has 4 rings (SSSR count). The number of hydrogen-bond donors (Lipinski definition) is 1. The monoisotopic (exact) mass is 424 g/mol. The van der Waals surface area contributed by atoms with Gasteiger partial charge in [0.15, 0.2) is 0 Å². The smallest absolute Gasteiger partial charge is 0.209 e. The first-order valence-corrected chi connectivity index (χ1v) is 10.9. The van der Waals surface area contributed by atoms with Crippen LogP contribution in [0.25, 0.3) is 11.4 Å². The zero-order valence-corrected chi connectivity index (χ0v) is 18.3. The summed E-state index contributed by atoms with van der Waals surface area (Å²) in [6.07, 6.45) is 3.50. The Balaban J connectivity index is 1.63. The number of aromatic nitrogens is 6. The molecule has 3 aromatic rings. The van der Waals surface area contributed by atoms with Gasteiger partial charge < -0.3 is 4.90 Å². The Morgan fingerprint density at radius 1 is 1.23 bits per heavy atom. The summed E-state index contributed by atoms with van der Waals surface area (Å²) in [6, 6.07) is 7.95. The van der Waals surface area contributed by atoms with Gasteiger partial charge in [0, 0.05) is 38.4 Å². The molecule has 0 amide bonds. The van der Waals surface area contributed by atoms with Gasteiger partial charge in [-0.3, -0.25) is 4.90 Å². The highest BCUT2D eigenvalue weighted by molar-refractivity contribution is 5.76. The van der Waals surface area contributed by atoms with Crippen molar-refractivity contribution in [1.82, 2.24) is 35.7 Å². The molecule has 1 aromatic carbocycles. The average Bonchev–Trinajstić information content (AvgIpc) is 3.28. The van der Waals surface area contributed by atoms with Crippen LogP contribution in [0.3, 0.4) is 0 Å². The molecule has 164 valence electrons. The number of benzene rings is 1. The number of nitrogens with one attached hydrogen (secondary N) is 1. The molecule has 1 saturated heterocycles. The number of piperazine rings is 1. The third-order valence-electron chi connectivity index (χ3n) is 5.75. The van der Waals surface area contributed by atoms with Gasteiger partial charge in [-0.1, -0.05) is 20.8 Å². The Kier molecular flexibility index (Phi) is 6.50. The van der Waals surface area contributed by atoms with E-state index in [1.807, 2.05) is 12.1 Å². The number of halogens is 1. The van der Waals surface area contributed by atoms with Crippen LogP contribution in [0.2, 0.25) is 0 Å². The molecular formula is C22H29FN8. The number of rotatable bonds is 7. The van der Waals surface area contributed by atoms with E-state index < -0.39 is 0 Å². The van der Waals surface area contributed by atoms with Gasteiger partial charge in [0.2, 0.25) is 5.82 Å². The van der Waals surface area contributed by atoms with Gasteiger partial charge in [-0.2, -0.15) is 15.4 Å². The summed E-state index contributed by atoms with van der Waals surface area (Å²) < 4.78 is 15.2. The SMILES string of the molecule is CCC1CN(c2cc(CC(C)C)cc(F)c2-c2nn[nH]n2)CCN1Cc1cccnn1. The van der Waals surface area contributed by atoms with Crippen molar-refractivity contribution < 1.29 is 4.39 Å². The van der Waals surface area contributed by atoms with E-state index in [0.29, 0.717) is 23.3 Å². The molecular weight excluding hydrogens is 395 g/mol. The molecule has 0 radical (unpaired) electrons. The molecule has 0 bridgehead atoms. The number of nitrogens with zero attached hydrogens (tertiary/aromatic N) is 7. The van der Waals surface area contributed by atoms with E-state index in [9.17, 15) is 0 Å². The Morgan fingerprint density at radius 2 is 2.10 bits per heavy atom. The minimum atomic E-state index is -0.301. The molecule has 0 saturated carbocycles. The number of anilines is 1. The van der Waals surface area contributed by atoms with Gasteiger partial charge in [0.25, 0.3) is 0 Å². The van der Waals surface area contributed by atoms with Crippen LogP contribution in [0, 0.1) is 11.7 Å². The van der Waals surface area contributed by atoms with Gasteiger partial charge >= 0.3 is 0 Å². The number of hydrogen-bond acceptors (Lipinski definition) is 7. The van der Waals surface area contributed by atoms with Crippen molar-refractivity contribution in [1.29, 1.82) is 0 Å². The highest BCUT2D eigenvalue weighted by atomic mass is 19.1. The number of aromatic amines is 1. The first-order valence-electron chi connectivity index (χ1n) is 10.9. The van der Waals surface area contributed by atoms with Crippen molar-refractivity contribution in [3.8, 4) is 11.4 Å². The summed E-state index contributed by atoms with van der Waals surface area (Å²) in [5.74, 6) is 0.429. The summed E-state index contributed by atoms with van der Waals surface area (Å²) >= 11 is 0. The summed E-state index contributed by atoms with van der Waals surface area (Å²) in [7, 11) is 0. The van der Waals surface area contributed by atoms with Gasteiger partial charge in [-0.05, 0) is 53.8 Å². The summed E-state index contributed by atoms with van der Waals surface area (Å²) in [5.41, 5.74) is 3.21. The van der Waals surface area contributed by atoms with E-state index in [2.05, 4.69) is 67.5 Å². The third kappa shape index (κ3) is 4.87. The predicted molar refractivity (Wildman–Crippen MR) is 117 cm³/mol. The Morgan fingerprint density at radius 3 is 2.77 bits per heavy atom. The van der Waals surface area contributed by atoms with Crippen LogP contribution in [0.5, 0.6) is 0 Å². The number of tetrazole rings is 1. The molecule has 3 heterocycles. The molecule has 1 aliphatic rings. The second kappa shape index (κ2) is 9.47. The lowest BCUT2D eigenvalue weighted by molar-refractivity contribution is 0.161. The zero-order valence-electron chi connectivity index (χ0n) is 18.3. The van der Waals surface area contributed by atoms with Crippen LogP contribution in [0.1, 0.15) is 38.4 Å². The van der Waals surface area contributed by atoms with Gasteiger partial charge in [0.05, 0.1) is 16.9 Å². The fraction of sp³-hybridized carbons (Fsp3) is 0.500. The first kappa shape index (κ1) is 21.3. The summed E-state index contributed by atoms with van der Waals surface area (Å²) in [5, 5.41) is 22.5. The Bertz CT molecular complexity index is 977. The standard InChI is InChI=1S/C22H29FN8/c1-4-18-14-31(9-8-30(18)13-17-6-5-7-24-25-17)20-12-16(10-15(2)3)11-19(23)21(20)22-26-28-29-27-22/h5-7,11-12,15,18H,4,8-10,13-14H2,1-3H3,(H,26,27,28,29). The summed E-state index contributed by atoms with van der Waals surface area (Å²) in [6.45, 7) is 9.68. The van der Waals surface area contributed by atoms with Crippen LogP contribution in [-0.2, 0) is 13.0 Å². The van der Waals surface area contributed by atoms with Crippen LogP contribution >= 0.6 is 0 Å². The second-order valence-corrected chi connectivity index (χ2v) is 8.50. The molecule has 1 fully saturated rings. The maximum atomic E-state index is 15.2. The molecule has 2 aromatic heterocycles. The lowest BCUT2D eigenvalue weighted by Crippen LogP contribution is -2.52. The molecule has 0 aliphatic carbocycles. The van der Waals surface area contributed by atoms with Crippen molar-refractivity contribution in [2.75, 3.05) is 24.5 Å². The van der Waals surface area contributed by atoms with Crippen molar-refractivity contribution >= 4 is 5.69 Å². The van der Waals surface area contributed by atoms with Crippen molar-refractivity contribution in [3.63, 3.8) is 0 Å². The van der Waals surface area contributed by atoms with E-state index in [1.165, 1.54) is 0 Å². The van der Waals surface area contributed by atoms with Crippen LogP contribution in [-0.4, -0.2) is 61.4 Å². The minimum absolute atomic E-state index is 0.290. The topological polar surface area (TPSA) is 86.7 Å². The summed E-state index contributed by atoms with van der Waals surface area (Å²) in [4.78, 5) is 4.70. The highest BCUT2D eigenvalue weighted by Crippen LogP contribution is 2.34. The third-order valence-corrected chi connectivity index (χ3v) is 5.75. The maximum absolute atomic E-state index is 15.2. The lowest BCUT2D eigenvalue weighted by atomic mass is 9.98. The fourth-order valence-corrected chi connectivity index (χ4v) is 4.31. The molecule has 0 spiro atoms. The van der Waals surface area contributed by atoms with Crippen LogP contribution in [0.4, 0.5) is 10.1 Å². The minimum Gasteiger partial charge on any atom is -0.368 e. The van der Waals surface area contributed by atoms with E-state index in [0.717, 1.165) is 56.0 Å². The van der Waals surface area contributed by atoms with Crippen molar-refractivity contribution in [2.45, 2.75) is 46.2 Å². The van der Waals surface area contributed by atoms with Crippen molar-refractivity contribution in [3.05, 3.63) is 47.5 Å². The van der Waals surface area contributed by atoms with E-state index >= 15 is 4.39 Å². The number of H-pyrrole nitrogens is 1. The van der Waals surface area contributed by atoms with Gasteiger partial charge in [-0.15, -0.1) is 10.2 Å². The fourth-order valence-electron chi connectivity index (χ4n) is 4.31. The first-order chi connectivity index (χ1) is 15.0. The average molecular weight is 425 g/mol. The normalized spacial score (nSPS) is 17.5.